The van der Waals surface area contributed by atoms with Crippen molar-refractivity contribution >= 4 is 11.6 Å². The van der Waals surface area contributed by atoms with Gasteiger partial charge in [0.1, 0.15) is 5.82 Å². The van der Waals surface area contributed by atoms with Gasteiger partial charge in [0.25, 0.3) is 5.91 Å². The van der Waals surface area contributed by atoms with E-state index in [0.29, 0.717) is 0 Å². The smallest absolute Gasteiger partial charge is 0.253 e. The Bertz CT molecular complexity index is 416. The van der Waals surface area contributed by atoms with Gasteiger partial charge in [0.2, 0.25) is 0 Å². The lowest BCUT2D eigenvalue weighted by molar-refractivity contribution is 0.0909. The van der Waals surface area contributed by atoms with Crippen molar-refractivity contribution in [1.29, 1.82) is 0 Å². The zero-order chi connectivity index (χ0) is 13.1. The number of carbonyl (C=O) groups is 1. The molecule has 0 spiro atoms. The molecule has 94 valence electrons. The lowest BCUT2D eigenvalue weighted by Crippen LogP contribution is -2.43. The van der Waals surface area contributed by atoms with Gasteiger partial charge < -0.3 is 11.1 Å². The number of hydrogen-bond acceptors (Lipinski definition) is 2. The van der Waals surface area contributed by atoms with Crippen LogP contribution in [0.5, 0.6) is 0 Å². The topological polar surface area (TPSA) is 55.1 Å². The summed E-state index contributed by atoms with van der Waals surface area (Å²) in [4.78, 5) is 12.0. The number of hydrogen-bond donors (Lipinski definition) is 2. The molecule has 0 heterocycles. The van der Waals surface area contributed by atoms with Gasteiger partial charge >= 0.3 is 0 Å². The number of nitrogens with two attached hydrogens (primary N) is 1. The number of nitrogens with one attached hydrogen (secondary N) is 1. The van der Waals surface area contributed by atoms with E-state index < -0.39 is 5.82 Å². The fourth-order valence-corrected chi connectivity index (χ4v) is 1.80. The van der Waals surface area contributed by atoms with Gasteiger partial charge in [-0.3, -0.25) is 4.79 Å². The van der Waals surface area contributed by atoms with Crippen molar-refractivity contribution in [2.45, 2.75) is 39.2 Å². The van der Waals surface area contributed by atoms with Gasteiger partial charge in [-0.2, -0.15) is 0 Å². The molecule has 1 aromatic rings. The molecule has 0 unspecified atom stereocenters. The third-order valence-electron chi connectivity index (χ3n) is 2.62. The second kappa shape index (κ2) is 5.17. The summed E-state index contributed by atoms with van der Waals surface area (Å²) in [7, 11) is 0. The largest absolute Gasteiger partial charge is 0.396 e. The minimum absolute atomic E-state index is 0.0997. The van der Waals surface area contributed by atoms with Crippen LogP contribution < -0.4 is 11.1 Å². The Morgan fingerprint density at radius 3 is 2.71 bits per heavy atom. The van der Waals surface area contributed by atoms with E-state index >= 15 is 0 Å². The normalized spacial score (nSPS) is 11.3. The average Bonchev–Trinajstić information content (AvgIpc) is 2.21. The Balaban J connectivity index is 2.87. The molecule has 0 saturated carbocycles. The van der Waals surface area contributed by atoms with E-state index in [4.69, 9.17) is 5.73 Å². The second-order valence-electron chi connectivity index (χ2n) is 4.79. The molecule has 1 amide bonds. The summed E-state index contributed by atoms with van der Waals surface area (Å²) in [5.41, 5.74) is 5.31. The van der Waals surface area contributed by atoms with E-state index in [1.54, 1.807) is 0 Å². The number of anilines is 1. The minimum Gasteiger partial charge on any atom is -0.396 e. The number of benzene rings is 1. The molecule has 0 atom stereocenters. The van der Waals surface area contributed by atoms with E-state index in [-0.39, 0.29) is 22.7 Å². The van der Waals surface area contributed by atoms with Crippen LogP contribution in [0.4, 0.5) is 10.1 Å². The highest BCUT2D eigenvalue weighted by Crippen LogP contribution is 2.18. The van der Waals surface area contributed by atoms with Crippen molar-refractivity contribution in [3.8, 4) is 0 Å². The highest BCUT2D eigenvalue weighted by Gasteiger charge is 2.21. The molecule has 1 aromatic carbocycles. The monoisotopic (exact) mass is 238 g/mol. The summed E-state index contributed by atoms with van der Waals surface area (Å²) in [6, 6.07) is 4.24. The zero-order valence-electron chi connectivity index (χ0n) is 10.5. The van der Waals surface area contributed by atoms with Gasteiger partial charge in [-0.1, -0.05) is 19.4 Å². The third-order valence-corrected chi connectivity index (χ3v) is 2.62. The molecule has 4 heteroatoms. The SMILES string of the molecule is CCCC(C)(C)NC(=O)c1cccc(F)c1N. The first-order chi connectivity index (χ1) is 7.87. The van der Waals surface area contributed by atoms with Crippen LogP contribution in [0.3, 0.4) is 0 Å². The standard InChI is InChI=1S/C13H19FN2O/c1-4-8-13(2,3)16-12(17)9-6-5-7-10(14)11(9)15/h5-7H,4,8,15H2,1-3H3,(H,16,17). The Kier molecular flexibility index (Phi) is 4.10. The molecule has 0 saturated heterocycles. The van der Waals surface area contributed by atoms with E-state index in [2.05, 4.69) is 5.32 Å². The molecule has 3 N–H and O–H groups in total. The van der Waals surface area contributed by atoms with Crippen LogP contribution in [0, 0.1) is 5.82 Å². The van der Waals surface area contributed by atoms with Crippen LogP contribution in [-0.4, -0.2) is 11.4 Å². The van der Waals surface area contributed by atoms with Gasteiger partial charge in [-0.15, -0.1) is 0 Å². The maximum absolute atomic E-state index is 13.2. The van der Waals surface area contributed by atoms with Crippen LogP contribution in [0.15, 0.2) is 18.2 Å². The summed E-state index contributed by atoms with van der Waals surface area (Å²) in [5, 5.41) is 2.86. The van der Waals surface area contributed by atoms with Crippen LogP contribution >= 0.6 is 0 Å². The van der Waals surface area contributed by atoms with Crippen molar-refractivity contribution in [3.05, 3.63) is 29.6 Å². The van der Waals surface area contributed by atoms with Crippen LogP contribution in [0.1, 0.15) is 44.0 Å². The quantitative estimate of drug-likeness (QED) is 0.792. The number of rotatable bonds is 4. The molecule has 0 radical (unpaired) electrons. The number of nitrogen functional groups attached to an aromatic ring is 1. The molecule has 0 aliphatic carbocycles. The highest BCUT2D eigenvalue weighted by atomic mass is 19.1. The number of para-hydroxylation sites is 1. The average molecular weight is 238 g/mol. The summed E-state index contributed by atoms with van der Waals surface area (Å²) in [5.74, 6) is -0.897. The van der Waals surface area contributed by atoms with Crippen LogP contribution in [-0.2, 0) is 0 Å². The minimum atomic E-state index is -0.564. The predicted molar refractivity (Wildman–Crippen MR) is 67.3 cm³/mol. The number of amides is 1. The van der Waals surface area contributed by atoms with Gasteiger partial charge in [0, 0.05) is 5.54 Å². The summed E-state index contributed by atoms with van der Waals surface area (Å²) in [6.07, 6.45) is 1.82. The van der Waals surface area contributed by atoms with Crippen molar-refractivity contribution in [2.75, 3.05) is 5.73 Å². The Morgan fingerprint density at radius 2 is 2.12 bits per heavy atom. The van der Waals surface area contributed by atoms with Gasteiger partial charge in [-0.25, -0.2) is 4.39 Å². The zero-order valence-corrected chi connectivity index (χ0v) is 10.5. The molecular weight excluding hydrogens is 219 g/mol. The van der Waals surface area contributed by atoms with E-state index in [1.165, 1.54) is 18.2 Å². The predicted octanol–water partition coefficient (Wildman–Crippen LogP) is 2.72. The van der Waals surface area contributed by atoms with Crippen molar-refractivity contribution in [2.24, 2.45) is 0 Å². The van der Waals surface area contributed by atoms with E-state index in [9.17, 15) is 9.18 Å². The molecule has 17 heavy (non-hydrogen) atoms. The third kappa shape index (κ3) is 3.44. The molecule has 3 nitrogen and oxygen atoms in total. The molecule has 0 aromatic heterocycles. The molecule has 0 bridgehead atoms. The lowest BCUT2D eigenvalue weighted by atomic mass is 9.98. The molecule has 0 aliphatic heterocycles. The fourth-order valence-electron chi connectivity index (χ4n) is 1.80. The Labute approximate surface area is 101 Å². The maximum atomic E-state index is 13.2. The van der Waals surface area contributed by atoms with Crippen LogP contribution in [0.2, 0.25) is 0 Å². The maximum Gasteiger partial charge on any atom is 0.253 e. The Hall–Kier alpha value is -1.58. The number of halogens is 1. The van der Waals surface area contributed by atoms with Crippen molar-refractivity contribution in [1.82, 2.24) is 5.32 Å². The summed E-state index contributed by atoms with van der Waals surface area (Å²) in [6.45, 7) is 5.91. The summed E-state index contributed by atoms with van der Waals surface area (Å²) >= 11 is 0. The Morgan fingerprint density at radius 1 is 1.47 bits per heavy atom. The summed E-state index contributed by atoms with van der Waals surface area (Å²) < 4.78 is 13.2. The van der Waals surface area contributed by atoms with E-state index in [0.717, 1.165) is 12.8 Å². The molecule has 0 aliphatic rings. The van der Waals surface area contributed by atoms with E-state index in [1.807, 2.05) is 20.8 Å². The first-order valence-electron chi connectivity index (χ1n) is 5.74. The highest BCUT2D eigenvalue weighted by molar-refractivity contribution is 5.99. The first kappa shape index (κ1) is 13.5. The fraction of sp³-hybridized carbons (Fsp3) is 0.462. The first-order valence-corrected chi connectivity index (χ1v) is 5.74. The van der Waals surface area contributed by atoms with Crippen molar-refractivity contribution < 1.29 is 9.18 Å². The molecule has 1 rings (SSSR count). The van der Waals surface area contributed by atoms with Gasteiger partial charge in [0.15, 0.2) is 0 Å². The van der Waals surface area contributed by atoms with Crippen molar-refractivity contribution in [3.63, 3.8) is 0 Å². The van der Waals surface area contributed by atoms with Gasteiger partial charge in [-0.05, 0) is 32.4 Å². The second-order valence-corrected chi connectivity index (χ2v) is 4.79. The molecule has 0 fully saturated rings. The van der Waals surface area contributed by atoms with Gasteiger partial charge in [0.05, 0.1) is 11.3 Å². The lowest BCUT2D eigenvalue weighted by Gasteiger charge is -2.26. The molecular formula is C13H19FN2O. The number of carbonyl (C=O) groups excluding carboxylic acids is 1. The van der Waals surface area contributed by atoms with Crippen LogP contribution in [0.25, 0.3) is 0 Å².